The SMILES string of the molecule is CC1CN(c2ccc(F)cc2C(F)(F)F)CCN1S(=O)(=O)c1ccc(N2CCCC2C(=O)OC(C)(C)C)s1. The van der Waals surface area contributed by atoms with Crippen LogP contribution in [0, 0.1) is 5.82 Å². The standard InChI is InChI=1S/C25H31F4N3O4S2/c1-16-15-30(19-8-7-17(26)14-18(19)25(27,28)29)12-13-32(16)38(34,35)22-10-9-21(37-22)31-11-5-6-20(31)23(33)36-24(2,3)4/h7-10,14,16,20H,5-6,11-13,15H2,1-4H3. The van der Waals surface area contributed by atoms with Gasteiger partial charge in [-0.05, 0) is 70.9 Å². The zero-order chi connectivity index (χ0) is 28.0. The minimum absolute atomic E-state index is 0.0129. The summed E-state index contributed by atoms with van der Waals surface area (Å²) in [6.45, 7) is 7.60. The molecular formula is C25H31F4N3O4S2. The van der Waals surface area contributed by atoms with Gasteiger partial charge >= 0.3 is 12.1 Å². The summed E-state index contributed by atoms with van der Waals surface area (Å²) >= 11 is 1.06. The molecule has 38 heavy (non-hydrogen) atoms. The molecule has 0 bridgehead atoms. The first-order valence-corrected chi connectivity index (χ1v) is 14.6. The lowest BCUT2D eigenvalue weighted by Gasteiger charge is -2.40. The molecule has 7 nitrogen and oxygen atoms in total. The van der Waals surface area contributed by atoms with Gasteiger partial charge in [0.1, 0.15) is 21.7 Å². The molecule has 0 amide bonds. The number of esters is 1. The Kier molecular flexibility index (Phi) is 7.76. The fourth-order valence-corrected chi connectivity index (χ4v) is 8.00. The Morgan fingerprint density at radius 1 is 1.08 bits per heavy atom. The minimum Gasteiger partial charge on any atom is -0.458 e. The zero-order valence-electron chi connectivity index (χ0n) is 21.6. The number of ether oxygens (including phenoxy) is 1. The van der Waals surface area contributed by atoms with E-state index in [1.807, 2.05) is 4.90 Å². The molecule has 2 saturated heterocycles. The fourth-order valence-electron chi connectivity index (χ4n) is 4.89. The van der Waals surface area contributed by atoms with E-state index in [1.165, 1.54) is 15.3 Å². The van der Waals surface area contributed by atoms with E-state index >= 15 is 0 Å². The molecule has 210 valence electrons. The van der Waals surface area contributed by atoms with Gasteiger partial charge in [0.05, 0.1) is 10.6 Å². The van der Waals surface area contributed by atoms with Crippen LogP contribution in [0.25, 0.3) is 0 Å². The number of hydrogen-bond acceptors (Lipinski definition) is 7. The molecule has 2 unspecified atom stereocenters. The van der Waals surface area contributed by atoms with Crippen molar-refractivity contribution in [3.63, 3.8) is 0 Å². The Morgan fingerprint density at radius 2 is 1.79 bits per heavy atom. The molecule has 2 aliphatic rings. The summed E-state index contributed by atoms with van der Waals surface area (Å²) < 4.78 is 88.1. The van der Waals surface area contributed by atoms with Crippen LogP contribution < -0.4 is 9.80 Å². The van der Waals surface area contributed by atoms with Crippen LogP contribution in [0.4, 0.5) is 28.3 Å². The number of sulfonamides is 1. The average Bonchev–Trinajstić information content (AvgIpc) is 3.47. The van der Waals surface area contributed by atoms with Crippen LogP contribution in [0.2, 0.25) is 0 Å². The summed E-state index contributed by atoms with van der Waals surface area (Å²) in [5.41, 5.74) is -1.90. The van der Waals surface area contributed by atoms with Crippen LogP contribution in [-0.4, -0.2) is 62.6 Å². The summed E-state index contributed by atoms with van der Waals surface area (Å²) in [4.78, 5) is 16.0. The Morgan fingerprint density at radius 3 is 2.42 bits per heavy atom. The summed E-state index contributed by atoms with van der Waals surface area (Å²) in [5.74, 6) is -1.34. The molecule has 2 aliphatic heterocycles. The lowest BCUT2D eigenvalue weighted by atomic mass is 10.1. The van der Waals surface area contributed by atoms with E-state index in [-0.39, 0.29) is 35.5 Å². The maximum atomic E-state index is 13.5. The highest BCUT2D eigenvalue weighted by Gasteiger charge is 2.40. The van der Waals surface area contributed by atoms with Crippen molar-refractivity contribution in [2.24, 2.45) is 0 Å². The molecule has 0 aliphatic carbocycles. The topological polar surface area (TPSA) is 70.2 Å². The van der Waals surface area contributed by atoms with E-state index in [0.717, 1.165) is 29.9 Å². The normalized spacial score (nSPS) is 21.7. The maximum Gasteiger partial charge on any atom is 0.418 e. The molecule has 3 heterocycles. The zero-order valence-corrected chi connectivity index (χ0v) is 23.2. The Labute approximate surface area is 224 Å². The summed E-state index contributed by atoms with van der Waals surface area (Å²) in [6, 6.07) is 4.55. The molecule has 0 radical (unpaired) electrons. The summed E-state index contributed by atoms with van der Waals surface area (Å²) in [5, 5.41) is 0.643. The number of alkyl halides is 3. The highest BCUT2D eigenvalue weighted by Crippen LogP contribution is 2.39. The van der Waals surface area contributed by atoms with E-state index in [1.54, 1.807) is 33.8 Å². The number of benzene rings is 1. The second-order valence-corrected chi connectivity index (χ2v) is 13.7. The second-order valence-electron chi connectivity index (χ2n) is 10.5. The number of thiophene rings is 1. The fraction of sp³-hybridized carbons (Fsp3) is 0.560. The number of carbonyl (C=O) groups excluding carboxylic acids is 1. The van der Waals surface area contributed by atoms with Gasteiger partial charge in [-0.15, -0.1) is 11.3 Å². The van der Waals surface area contributed by atoms with Gasteiger partial charge in [-0.3, -0.25) is 0 Å². The number of piperazine rings is 1. The van der Waals surface area contributed by atoms with Gasteiger partial charge in [-0.1, -0.05) is 0 Å². The molecule has 0 saturated carbocycles. The molecule has 4 rings (SSSR count). The smallest absolute Gasteiger partial charge is 0.418 e. The van der Waals surface area contributed by atoms with Crippen LogP contribution in [0.15, 0.2) is 34.5 Å². The van der Waals surface area contributed by atoms with Crippen molar-refractivity contribution in [3.05, 3.63) is 41.7 Å². The van der Waals surface area contributed by atoms with Gasteiger partial charge in [0.25, 0.3) is 10.0 Å². The van der Waals surface area contributed by atoms with Crippen molar-refractivity contribution >= 4 is 38.0 Å². The largest absolute Gasteiger partial charge is 0.458 e. The number of halogens is 4. The lowest BCUT2D eigenvalue weighted by molar-refractivity contribution is -0.156. The van der Waals surface area contributed by atoms with Crippen molar-refractivity contribution in [2.45, 2.75) is 68.6 Å². The van der Waals surface area contributed by atoms with Gasteiger partial charge in [0.2, 0.25) is 0 Å². The van der Waals surface area contributed by atoms with Crippen molar-refractivity contribution in [3.8, 4) is 0 Å². The van der Waals surface area contributed by atoms with E-state index in [9.17, 15) is 30.8 Å². The minimum atomic E-state index is -4.75. The quantitative estimate of drug-likeness (QED) is 0.363. The first kappa shape index (κ1) is 28.6. The van der Waals surface area contributed by atoms with E-state index in [2.05, 4.69) is 0 Å². The predicted molar refractivity (Wildman–Crippen MR) is 138 cm³/mol. The Hall–Kier alpha value is -2.38. The summed E-state index contributed by atoms with van der Waals surface area (Å²) in [6.07, 6.45) is -3.37. The van der Waals surface area contributed by atoms with Crippen LogP contribution >= 0.6 is 11.3 Å². The average molecular weight is 578 g/mol. The molecule has 2 atom stereocenters. The third-order valence-electron chi connectivity index (χ3n) is 6.52. The molecular weight excluding hydrogens is 546 g/mol. The van der Waals surface area contributed by atoms with Crippen LogP contribution in [0.3, 0.4) is 0 Å². The molecule has 2 fully saturated rings. The van der Waals surface area contributed by atoms with Gasteiger partial charge in [0.15, 0.2) is 0 Å². The molecule has 0 N–H and O–H groups in total. The van der Waals surface area contributed by atoms with Crippen molar-refractivity contribution in [1.29, 1.82) is 0 Å². The van der Waals surface area contributed by atoms with Crippen LogP contribution in [0.1, 0.15) is 46.1 Å². The van der Waals surface area contributed by atoms with Gasteiger partial charge in [0, 0.05) is 37.9 Å². The maximum absolute atomic E-state index is 13.5. The Bertz CT molecular complexity index is 1290. The Balaban J connectivity index is 1.51. The number of carbonyl (C=O) groups is 1. The van der Waals surface area contributed by atoms with E-state index in [0.29, 0.717) is 24.0 Å². The van der Waals surface area contributed by atoms with Crippen LogP contribution in [-0.2, 0) is 25.7 Å². The van der Waals surface area contributed by atoms with Gasteiger partial charge < -0.3 is 14.5 Å². The molecule has 1 aromatic carbocycles. The molecule has 0 spiro atoms. The van der Waals surface area contributed by atoms with Crippen LogP contribution in [0.5, 0.6) is 0 Å². The second kappa shape index (κ2) is 10.3. The van der Waals surface area contributed by atoms with Crippen molar-refractivity contribution in [1.82, 2.24) is 4.31 Å². The predicted octanol–water partition coefficient (Wildman–Crippen LogP) is 5.12. The molecule has 2 aromatic rings. The van der Waals surface area contributed by atoms with Crippen molar-refractivity contribution in [2.75, 3.05) is 36.0 Å². The first-order valence-electron chi connectivity index (χ1n) is 12.3. The highest BCUT2D eigenvalue weighted by atomic mass is 32.2. The van der Waals surface area contributed by atoms with E-state index < -0.39 is 45.3 Å². The van der Waals surface area contributed by atoms with Gasteiger partial charge in [-0.2, -0.15) is 17.5 Å². The monoisotopic (exact) mass is 577 g/mol. The van der Waals surface area contributed by atoms with Crippen molar-refractivity contribution < 1.29 is 35.5 Å². The lowest BCUT2D eigenvalue weighted by Crippen LogP contribution is -2.54. The van der Waals surface area contributed by atoms with Gasteiger partial charge in [-0.25, -0.2) is 17.6 Å². The number of hydrogen-bond donors (Lipinski definition) is 0. The summed E-state index contributed by atoms with van der Waals surface area (Å²) in [7, 11) is -3.94. The highest BCUT2D eigenvalue weighted by molar-refractivity contribution is 7.91. The number of anilines is 2. The molecule has 13 heteroatoms. The third-order valence-corrected chi connectivity index (χ3v) is 10.1. The number of nitrogens with zero attached hydrogens (tertiary/aromatic N) is 3. The first-order chi connectivity index (χ1) is 17.6. The number of rotatable bonds is 5. The molecule has 1 aromatic heterocycles. The van der Waals surface area contributed by atoms with E-state index in [4.69, 9.17) is 4.74 Å². The third kappa shape index (κ3) is 5.94.